The van der Waals surface area contributed by atoms with Crippen molar-refractivity contribution in [2.45, 2.75) is 11.1 Å². The fourth-order valence-corrected chi connectivity index (χ4v) is 1.74. The minimum Gasteiger partial charge on any atom is -0.197 e. The number of aromatic nitrogens is 1. The Morgan fingerprint density at radius 2 is 2.30 bits per heavy atom. The van der Waals surface area contributed by atoms with Gasteiger partial charge in [0.05, 0.1) is 5.69 Å². The van der Waals surface area contributed by atoms with E-state index in [0.29, 0.717) is 17.2 Å². The summed E-state index contributed by atoms with van der Waals surface area (Å²) >= 11 is 0.644. The first-order valence-electron chi connectivity index (χ1n) is 2.38. The Morgan fingerprint density at radius 1 is 1.70 bits per heavy atom. The molecule has 0 atom stereocenters. The number of hydrogen-bond donors (Lipinski definition) is 0. The molecule has 0 aliphatic carbocycles. The SMILES string of the molecule is Cc1cc(S(=O)(=O)F)sn1. The summed E-state index contributed by atoms with van der Waals surface area (Å²) in [6.07, 6.45) is 0. The quantitative estimate of drug-likeness (QED) is 0.610. The molecular weight excluding hydrogens is 177 g/mol. The van der Waals surface area contributed by atoms with Gasteiger partial charge in [-0.1, -0.05) is 3.89 Å². The van der Waals surface area contributed by atoms with Crippen LogP contribution < -0.4 is 0 Å². The molecule has 0 aliphatic heterocycles. The number of halogens is 1. The van der Waals surface area contributed by atoms with Gasteiger partial charge in [-0.15, -0.1) is 0 Å². The summed E-state index contributed by atoms with van der Waals surface area (Å²) < 4.78 is 35.7. The third kappa shape index (κ3) is 1.51. The standard InChI is InChI=1S/C4H4FNO2S2/c1-3-2-4(9-6-3)10(5,7)8/h2H,1H3. The molecule has 6 heteroatoms. The highest BCUT2D eigenvalue weighted by atomic mass is 32.3. The highest BCUT2D eigenvalue weighted by Gasteiger charge is 2.14. The van der Waals surface area contributed by atoms with E-state index in [9.17, 15) is 12.3 Å². The Morgan fingerprint density at radius 3 is 2.50 bits per heavy atom. The van der Waals surface area contributed by atoms with Crippen LogP contribution in [0.15, 0.2) is 10.3 Å². The van der Waals surface area contributed by atoms with Gasteiger partial charge in [0.25, 0.3) is 0 Å². The fraction of sp³-hybridized carbons (Fsp3) is 0.250. The van der Waals surface area contributed by atoms with Crippen LogP contribution in [0.3, 0.4) is 0 Å². The molecule has 0 N–H and O–H groups in total. The van der Waals surface area contributed by atoms with E-state index in [1.165, 1.54) is 6.07 Å². The molecule has 1 aromatic rings. The number of hydrogen-bond acceptors (Lipinski definition) is 4. The third-order valence-electron chi connectivity index (χ3n) is 0.847. The van der Waals surface area contributed by atoms with E-state index in [-0.39, 0.29) is 4.21 Å². The average molecular weight is 181 g/mol. The normalized spacial score (nSPS) is 11.8. The molecule has 1 rings (SSSR count). The van der Waals surface area contributed by atoms with Crippen LogP contribution >= 0.6 is 11.5 Å². The van der Waals surface area contributed by atoms with Crippen LogP contribution in [0.4, 0.5) is 3.89 Å². The molecule has 0 unspecified atom stereocenters. The lowest BCUT2D eigenvalue weighted by molar-refractivity contribution is 0.554. The smallest absolute Gasteiger partial charge is 0.197 e. The van der Waals surface area contributed by atoms with Crippen molar-refractivity contribution < 1.29 is 12.3 Å². The summed E-state index contributed by atoms with van der Waals surface area (Å²) in [5, 5.41) is 0. The van der Waals surface area contributed by atoms with Gasteiger partial charge in [-0.3, -0.25) is 0 Å². The predicted molar refractivity (Wildman–Crippen MR) is 35.1 cm³/mol. The number of aryl methyl sites for hydroxylation is 1. The largest absolute Gasteiger partial charge is 0.343 e. The molecule has 0 saturated heterocycles. The van der Waals surface area contributed by atoms with Crippen LogP contribution in [0.1, 0.15) is 5.69 Å². The van der Waals surface area contributed by atoms with Crippen molar-refractivity contribution in [3.63, 3.8) is 0 Å². The highest BCUT2D eigenvalue weighted by Crippen LogP contribution is 2.17. The molecule has 0 aliphatic rings. The van der Waals surface area contributed by atoms with Gasteiger partial charge < -0.3 is 0 Å². The maximum Gasteiger partial charge on any atom is 0.343 e. The zero-order chi connectivity index (χ0) is 7.78. The van der Waals surface area contributed by atoms with Crippen molar-refractivity contribution in [1.82, 2.24) is 4.37 Å². The minimum atomic E-state index is -4.53. The van der Waals surface area contributed by atoms with Gasteiger partial charge in [0.15, 0.2) is 4.21 Å². The molecule has 0 amide bonds. The monoisotopic (exact) mass is 181 g/mol. The second kappa shape index (κ2) is 2.28. The van der Waals surface area contributed by atoms with Crippen molar-refractivity contribution in [2.75, 3.05) is 0 Å². The third-order valence-corrected chi connectivity index (χ3v) is 2.94. The lowest BCUT2D eigenvalue weighted by Gasteiger charge is -1.80. The summed E-state index contributed by atoms with van der Waals surface area (Å²) in [6, 6.07) is 1.19. The lowest BCUT2D eigenvalue weighted by atomic mass is 10.5. The zero-order valence-electron chi connectivity index (χ0n) is 5.04. The van der Waals surface area contributed by atoms with Gasteiger partial charge in [-0.05, 0) is 24.5 Å². The molecule has 10 heavy (non-hydrogen) atoms. The molecule has 0 radical (unpaired) electrons. The number of nitrogens with zero attached hydrogens (tertiary/aromatic N) is 1. The van der Waals surface area contributed by atoms with E-state index < -0.39 is 10.2 Å². The van der Waals surface area contributed by atoms with Gasteiger partial charge in [0, 0.05) is 0 Å². The maximum absolute atomic E-state index is 12.1. The highest BCUT2D eigenvalue weighted by molar-refractivity contribution is 7.88. The van der Waals surface area contributed by atoms with E-state index in [4.69, 9.17) is 0 Å². The van der Waals surface area contributed by atoms with Crippen LogP contribution in [0.2, 0.25) is 0 Å². The van der Waals surface area contributed by atoms with Crippen molar-refractivity contribution in [2.24, 2.45) is 0 Å². The lowest BCUT2D eigenvalue weighted by Crippen LogP contribution is -1.85. The molecule has 0 spiro atoms. The van der Waals surface area contributed by atoms with Crippen LogP contribution in [0.5, 0.6) is 0 Å². The van der Waals surface area contributed by atoms with Gasteiger partial charge >= 0.3 is 10.2 Å². The first kappa shape index (κ1) is 7.62. The van der Waals surface area contributed by atoms with Crippen LogP contribution in [0.25, 0.3) is 0 Å². The second-order valence-electron chi connectivity index (χ2n) is 1.73. The molecule has 56 valence electrons. The Kier molecular flexibility index (Phi) is 1.74. The van der Waals surface area contributed by atoms with Crippen molar-refractivity contribution in [1.29, 1.82) is 0 Å². The molecule has 1 aromatic heterocycles. The van der Waals surface area contributed by atoms with E-state index >= 15 is 0 Å². The van der Waals surface area contributed by atoms with Gasteiger partial charge in [-0.25, -0.2) is 0 Å². The molecule has 0 saturated carbocycles. The minimum absolute atomic E-state index is 0.329. The van der Waals surface area contributed by atoms with Gasteiger partial charge in [0.2, 0.25) is 0 Å². The van der Waals surface area contributed by atoms with Crippen molar-refractivity contribution >= 4 is 21.8 Å². The topological polar surface area (TPSA) is 47.0 Å². The van der Waals surface area contributed by atoms with Gasteiger partial charge in [-0.2, -0.15) is 12.8 Å². The van der Waals surface area contributed by atoms with E-state index in [2.05, 4.69) is 4.37 Å². The average Bonchev–Trinajstić information content (AvgIpc) is 2.11. The summed E-state index contributed by atoms with van der Waals surface area (Å²) in [5.41, 5.74) is 0.515. The van der Waals surface area contributed by atoms with Crippen molar-refractivity contribution in [3.05, 3.63) is 11.8 Å². The number of rotatable bonds is 1. The fourth-order valence-electron chi connectivity index (χ4n) is 0.455. The van der Waals surface area contributed by atoms with Crippen molar-refractivity contribution in [3.8, 4) is 0 Å². The predicted octanol–water partition coefficient (Wildman–Crippen LogP) is 1.11. The zero-order valence-corrected chi connectivity index (χ0v) is 6.67. The van der Waals surface area contributed by atoms with Crippen LogP contribution in [-0.4, -0.2) is 12.8 Å². The molecular formula is C4H4FNO2S2. The maximum atomic E-state index is 12.1. The molecule has 0 bridgehead atoms. The summed E-state index contributed by atoms with van der Waals surface area (Å²) in [4.78, 5) is 0. The molecule has 1 heterocycles. The Hall–Kier alpha value is -0.490. The van der Waals surface area contributed by atoms with Crippen LogP contribution in [0, 0.1) is 6.92 Å². The Bertz CT molecular complexity index is 329. The Labute approximate surface area is 61.9 Å². The first-order valence-corrected chi connectivity index (χ1v) is 4.54. The summed E-state index contributed by atoms with van der Waals surface area (Å²) in [6.45, 7) is 1.60. The van der Waals surface area contributed by atoms with E-state index in [1.807, 2.05) is 0 Å². The molecule has 0 fully saturated rings. The van der Waals surface area contributed by atoms with E-state index in [0.717, 1.165) is 0 Å². The summed E-state index contributed by atoms with van der Waals surface area (Å²) in [5.74, 6) is 0. The molecule has 0 aromatic carbocycles. The second-order valence-corrected chi connectivity index (χ2v) is 4.10. The Balaban J connectivity index is 3.21. The van der Waals surface area contributed by atoms with E-state index in [1.54, 1.807) is 6.92 Å². The first-order chi connectivity index (χ1) is 4.50. The van der Waals surface area contributed by atoms with Crippen LogP contribution in [-0.2, 0) is 10.2 Å². The van der Waals surface area contributed by atoms with Gasteiger partial charge in [0.1, 0.15) is 0 Å². The summed E-state index contributed by atoms with van der Waals surface area (Å²) in [7, 11) is -4.53. The molecule has 3 nitrogen and oxygen atoms in total.